The van der Waals surface area contributed by atoms with Crippen LogP contribution in [0.2, 0.25) is 0 Å². The lowest BCUT2D eigenvalue weighted by Gasteiger charge is -2.00. The van der Waals surface area contributed by atoms with Crippen LogP contribution in [0.25, 0.3) is 0 Å². The largest absolute Gasteiger partial charge is 0.350 e. The summed E-state index contributed by atoms with van der Waals surface area (Å²) in [5.41, 5.74) is 0.805. The molecule has 12 heavy (non-hydrogen) atoms. The standard InChI is InChI=1S/C7H8BrN3O/c8-3-7(12)10-4-6-1-2-9-5-11-6/h1-2,5H,3-4H2,(H,10,12). The Morgan fingerprint density at radius 2 is 2.50 bits per heavy atom. The molecule has 1 aromatic rings. The summed E-state index contributed by atoms with van der Waals surface area (Å²) in [6.45, 7) is 0.451. The van der Waals surface area contributed by atoms with E-state index in [9.17, 15) is 4.79 Å². The fraction of sp³-hybridized carbons (Fsp3) is 0.286. The van der Waals surface area contributed by atoms with Crippen molar-refractivity contribution in [2.45, 2.75) is 6.54 Å². The van der Waals surface area contributed by atoms with E-state index in [-0.39, 0.29) is 5.91 Å². The van der Waals surface area contributed by atoms with E-state index in [1.165, 1.54) is 6.33 Å². The molecule has 0 aliphatic heterocycles. The van der Waals surface area contributed by atoms with Gasteiger partial charge in [-0.2, -0.15) is 0 Å². The number of nitrogens with one attached hydrogen (secondary N) is 1. The van der Waals surface area contributed by atoms with Crippen molar-refractivity contribution in [2.75, 3.05) is 5.33 Å². The van der Waals surface area contributed by atoms with Crippen LogP contribution in [0.15, 0.2) is 18.6 Å². The first-order chi connectivity index (χ1) is 5.83. The number of hydrogen-bond acceptors (Lipinski definition) is 3. The Bertz CT molecular complexity index is 252. The van der Waals surface area contributed by atoms with Crippen molar-refractivity contribution >= 4 is 21.8 Å². The van der Waals surface area contributed by atoms with E-state index >= 15 is 0 Å². The van der Waals surface area contributed by atoms with Crippen LogP contribution in [0.3, 0.4) is 0 Å². The normalized spacial score (nSPS) is 9.42. The Kier molecular flexibility index (Phi) is 3.66. The minimum Gasteiger partial charge on any atom is -0.350 e. The van der Waals surface area contributed by atoms with Crippen LogP contribution in [0.4, 0.5) is 0 Å². The van der Waals surface area contributed by atoms with Crippen molar-refractivity contribution in [3.8, 4) is 0 Å². The summed E-state index contributed by atoms with van der Waals surface area (Å²) in [6.07, 6.45) is 3.10. The van der Waals surface area contributed by atoms with Crippen molar-refractivity contribution in [3.63, 3.8) is 0 Å². The lowest BCUT2D eigenvalue weighted by Crippen LogP contribution is -2.23. The second-order valence-corrected chi connectivity index (χ2v) is 2.67. The first-order valence-corrected chi connectivity index (χ1v) is 4.52. The molecule has 0 fully saturated rings. The van der Waals surface area contributed by atoms with E-state index in [4.69, 9.17) is 0 Å². The van der Waals surface area contributed by atoms with Gasteiger partial charge < -0.3 is 5.32 Å². The van der Waals surface area contributed by atoms with Crippen LogP contribution in [-0.4, -0.2) is 21.2 Å². The molecule has 1 N–H and O–H groups in total. The molecule has 0 radical (unpaired) electrons. The summed E-state index contributed by atoms with van der Waals surface area (Å²) >= 11 is 3.04. The number of alkyl halides is 1. The molecule has 0 spiro atoms. The highest BCUT2D eigenvalue weighted by Crippen LogP contribution is 1.89. The molecule has 0 saturated carbocycles. The van der Waals surface area contributed by atoms with Gasteiger partial charge in [-0.25, -0.2) is 9.97 Å². The quantitative estimate of drug-likeness (QED) is 0.768. The Morgan fingerprint density at radius 3 is 3.08 bits per heavy atom. The number of rotatable bonds is 3. The number of carbonyl (C=O) groups excluding carboxylic acids is 1. The molecule has 0 aromatic carbocycles. The van der Waals surface area contributed by atoms with Gasteiger partial charge in [0.25, 0.3) is 0 Å². The fourth-order valence-electron chi connectivity index (χ4n) is 0.659. The number of aromatic nitrogens is 2. The molecule has 5 heteroatoms. The van der Waals surface area contributed by atoms with Crippen LogP contribution in [0.5, 0.6) is 0 Å². The van der Waals surface area contributed by atoms with Gasteiger partial charge in [-0.15, -0.1) is 0 Å². The zero-order valence-electron chi connectivity index (χ0n) is 6.33. The highest BCUT2D eigenvalue weighted by atomic mass is 79.9. The van der Waals surface area contributed by atoms with Crippen LogP contribution < -0.4 is 5.32 Å². The van der Waals surface area contributed by atoms with Gasteiger partial charge in [0.2, 0.25) is 5.91 Å². The average molecular weight is 230 g/mol. The monoisotopic (exact) mass is 229 g/mol. The Balaban J connectivity index is 2.38. The van der Waals surface area contributed by atoms with Gasteiger partial charge in [0.1, 0.15) is 6.33 Å². The molecule has 1 amide bonds. The second kappa shape index (κ2) is 4.82. The van der Waals surface area contributed by atoms with Gasteiger partial charge in [-0.1, -0.05) is 15.9 Å². The van der Waals surface area contributed by atoms with Gasteiger partial charge in [0.15, 0.2) is 0 Å². The predicted octanol–water partition coefficient (Wildman–Crippen LogP) is 0.488. The lowest BCUT2D eigenvalue weighted by molar-refractivity contribution is -0.118. The molecule has 1 rings (SSSR count). The van der Waals surface area contributed by atoms with Gasteiger partial charge in [-0.05, 0) is 6.07 Å². The molecule has 0 aliphatic rings. The number of hydrogen-bond donors (Lipinski definition) is 1. The van der Waals surface area contributed by atoms with Crippen molar-refractivity contribution in [1.82, 2.24) is 15.3 Å². The van der Waals surface area contributed by atoms with Crippen LogP contribution in [-0.2, 0) is 11.3 Å². The summed E-state index contributed by atoms with van der Waals surface area (Å²) < 4.78 is 0. The van der Waals surface area contributed by atoms with Gasteiger partial charge in [0, 0.05) is 6.20 Å². The summed E-state index contributed by atoms with van der Waals surface area (Å²) in [6, 6.07) is 1.76. The number of amides is 1. The molecular formula is C7H8BrN3O. The molecule has 64 valence electrons. The third kappa shape index (κ3) is 2.96. The zero-order valence-corrected chi connectivity index (χ0v) is 7.91. The minimum absolute atomic E-state index is 0.0476. The molecule has 0 unspecified atom stereocenters. The molecule has 0 bridgehead atoms. The minimum atomic E-state index is -0.0476. The van der Waals surface area contributed by atoms with E-state index in [0.29, 0.717) is 11.9 Å². The van der Waals surface area contributed by atoms with E-state index in [2.05, 4.69) is 31.2 Å². The summed E-state index contributed by atoms with van der Waals surface area (Å²) in [4.78, 5) is 18.5. The predicted molar refractivity (Wildman–Crippen MR) is 47.7 cm³/mol. The maximum Gasteiger partial charge on any atom is 0.230 e. The number of halogens is 1. The van der Waals surface area contributed by atoms with E-state index in [0.717, 1.165) is 5.69 Å². The van der Waals surface area contributed by atoms with Gasteiger partial charge >= 0.3 is 0 Å². The maximum absolute atomic E-state index is 10.8. The molecule has 0 saturated heterocycles. The Labute approximate surface area is 78.5 Å². The van der Waals surface area contributed by atoms with Crippen molar-refractivity contribution in [1.29, 1.82) is 0 Å². The maximum atomic E-state index is 10.8. The van der Waals surface area contributed by atoms with E-state index in [1.54, 1.807) is 12.3 Å². The summed E-state index contributed by atoms with van der Waals surface area (Å²) in [5, 5.41) is 2.99. The SMILES string of the molecule is O=C(CBr)NCc1ccncn1. The lowest BCUT2D eigenvalue weighted by atomic mass is 10.4. The molecule has 0 atom stereocenters. The third-order valence-electron chi connectivity index (χ3n) is 1.23. The number of nitrogens with zero attached hydrogens (tertiary/aromatic N) is 2. The van der Waals surface area contributed by atoms with Crippen molar-refractivity contribution < 1.29 is 4.79 Å². The highest BCUT2D eigenvalue weighted by molar-refractivity contribution is 9.09. The molecule has 4 nitrogen and oxygen atoms in total. The second-order valence-electron chi connectivity index (χ2n) is 2.11. The van der Waals surface area contributed by atoms with Crippen LogP contribution in [0.1, 0.15) is 5.69 Å². The van der Waals surface area contributed by atoms with Crippen LogP contribution >= 0.6 is 15.9 Å². The Morgan fingerprint density at radius 1 is 1.67 bits per heavy atom. The molecule has 1 aromatic heterocycles. The summed E-state index contributed by atoms with van der Waals surface area (Å²) in [7, 11) is 0. The smallest absolute Gasteiger partial charge is 0.230 e. The molecule has 1 heterocycles. The first-order valence-electron chi connectivity index (χ1n) is 3.40. The molecular weight excluding hydrogens is 222 g/mol. The van der Waals surface area contributed by atoms with Gasteiger partial charge in [-0.3, -0.25) is 4.79 Å². The highest BCUT2D eigenvalue weighted by Gasteiger charge is 1.97. The van der Waals surface area contributed by atoms with Crippen molar-refractivity contribution in [3.05, 3.63) is 24.3 Å². The Hall–Kier alpha value is -0.970. The summed E-state index contributed by atoms with van der Waals surface area (Å²) in [5.74, 6) is -0.0476. The molecule has 0 aliphatic carbocycles. The van der Waals surface area contributed by atoms with Gasteiger partial charge in [0.05, 0.1) is 17.6 Å². The zero-order chi connectivity index (χ0) is 8.81. The van der Waals surface area contributed by atoms with E-state index in [1.807, 2.05) is 0 Å². The first kappa shape index (κ1) is 9.12. The number of carbonyl (C=O) groups is 1. The third-order valence-corrected chi connectivity index (χ3v) is 1.74. The fourth-order valence-corrected chi connectivity index (χ4v) is 0.857. The van der Waals surface area contributed by atoms with Crippen LogP contribution in [0, 0.1) is 0 Å². The van der Waals surface area contributed by atoms with Crippen molar-refractivity contribution in [2.24, 2.45) is 0 Å². The topological polar surface area (TPSA) is 54.9 Å². The van der Waals surface area contributed by atoms with E-state index < -0.39 is 0 Å². The average Bonchev–Trinajstić information content (AvgIpc) is 2.16.